The maximum Gasteiger partial charge on any atom is 0.309 e. The van der Waals surface area contributed by atoms with Crippen LogP contribution in [-0.4, -0.2) is 22.5 Å². The summed E-state index contributed by atoms with van der Waals surface area (Å²) in [5.74, 6) is -0.000837. The first-order chi connectivity index (χ1) is 10.8. The van der Waals surface area contributed by atoms with Gasteiger partial charge in [0.25, 0.3) is 0 Å². The smallest absolute Gasteiger partial charge is 0.309 e. The summed E-state index contributed by atoms with van der Waals surface area (Å²) >= 11 is 0. The highest BCUT2D eigenvalue weighted by atomic mass is 16.5. The molecule has 1 aliphatic carbocycles. The quantitative estimate of drug-likeness (QED) is 0.812. The Morgan fingerprint density at radius 2 is 1.77 bits per heavy atom. The first kappa shape index (κ1) is 14.7. The average Bonchev–Trinajstić information content (AvgIpc) is 3.02. The van der Waals surface area contributed by atoms with Gasteiger partial charge in [-0.3, -0.25) is 14.8 Å². The van der Waals surface area contributed by atoms with Crippen LogP contribution in [0.15, 0.2) is 48.8 Å². The molecule has 0 spiro atoms. The summed E-state index contributed by atoms with van der Waals surface area (Å²) in [6.07, 6.45) is 5.34. The molecule has 22 heavy (non-hydrogen) atoms. The third-order valence-electron chi connectivity index (χ3n) is 4.34. The summed E-state index contributed by atoms with van der Waals surface area (Å²) in [6.45, 7) is 2.26. The molecule has 0 aliphatic heterocycles. The molecular weight excluding hydrogens is 276 g/mol. The zero-order valence-corrected chi connectivity index (χ0v) is 12.7. The highest BCUT2D eigenvalue weighted by Gasteiger charge is 2.43. The summed E-state index contributed by atoms with van der Waals surface area (Å²) in [5.41, 5.74) is 1.98. The van der Waals surface area contributed by atoms with Crippen molar-refractivity contribution < 1.29 is 9.53 Å². The first-order valence-corrected chi connectivity index (χ1v) is 7.79. The molecule has 3 atom stereocenters. The van der Waals surface area contributed by atoms with Crippen LogP contribution in [0.25, 0.3) is 0 Å². The molecule has 114 valence electrons. The lowest BCUT2D eigenvalue weighted by Crippen LogP contribution is -2.23. The van der Waals surface area contributed by atoms with E-state index in [1.54, 1.807) is 6.20 Å². The molecule has 1 saturated carbocycles. The van der Waals surface area contributed by atoms with Crippen LogP contribution in [0.2, 0.25) is 0 Å². The Balaban J connectivity index is 1.95. The van der Waals surface area contributed by atoms with Crippen molar-refractivity contribution in [1.82, 2.24) is 9.97 Å². The molecule has 0 N–H and O–H groups in total. The van der Waals surface area contributed by atoms with Crippen molar-refractivity contribution in [3.8, 4) is 0 Å². The molecule has 3 rings (SSSR count). The summed E-state index contributed by atoms with van der Waals surface area (Å²) in [7, 11) is 0. The molecule has 4 nitrogen and oxygen atoms in total. The number of carbonyl (C=O) groups excluding carboxylic acids is 1. The van der Waals surface area contributed by atoms with E-state index in [4.69, 9.17) is 4.74 Å². The number of hydrogen-bond donors (Lipinski definition) is 0. The van der Waals surface area contributed by atoms with Crippen LogP contribution in [0.4, 0.5) is 0 Å². The molecule has 3 unspecified atom stereocenters. The predicted octanol–water partition coefficient (Wildman–Crippen LogP) is 3.32. The lowest BCUT2D eigenvalue weighted by molar-refractivity contribution is -0.148. The molecule has 0 radical (unpaired) electrons. The highest BCUT2D eigenvalue weighted by Crippen LogP contribution is 2.48. The van der Waals surface area contributed by atoms with Gasteiger partial charge in [0.2, 0.25) is 0 Å². The second-order valence-corrected chi connectivity index (χ2v) is 5.58. The Kier molecular flexibility index (Phi) is 4.47. The van der Waals surface area contributed by atoms with Gasteiger partial charge in [-0.05, 0) is 44.0 Å². The molecule has 1 aliphatic rings. The fourth-order valence-electron chi connectivity index (χ4n) is 3.42. The van der Waals surface area contributed by atoms with Gasteiger partial charge in [-0.25, -0.2) is 0 Å². The highest BCUT2D eigenvalue weighted by molar-refractivity contribution is 5.74. The average molecular weight is 296 g/mol. The fourth-order valence-corrected chi connectivity index (χ4v) is 3.42. The van der Waals surface area contributed by atoms with Gasteiger partial charge in [0.05, 0.1) is 12.5 Å². The van der Waals surface area contributed by atoms with Crippen LogP contribution in [0.1, 0.15) is 43.0 Å². The number of aromatic nitrogens is 2. The fraction of sp³-hybridized carbons (Fsp3) is 0.389. The molecule has 0 bridgehead atoms. The minimum atomic E-state index is -0.137. The van der Waals surface area contributed by atoms with Gasteiger partial charge in [0, 0.05) is 35.6 Å². The molecule has 2 aromatic heterocycles. The maximum atomic E-state index is 12.3. The molecule has 0 saturated heterocycles. The van der Waals surface area contributed by atoms with Gasteiger partial charge in [0.15, 0.2) is 0 Å². The van der Waals surface area contributed by atoms with Crippen LogP contribution in [0, 0.1) is 5.92 Å². The SMILES string of the molecule is CCOC(=O)C1CCC(c2ccccn2)C1c1ccccn1. The van der Waals surface area contributed by atoms with E-state index in [1.807, 2.05) is 49.5 Å². The van der Waals surface area contributed by atoms with Gasteiger partial charge in [-0.2, -0.15) is 0 Å². The lowest BCUT2D eigenvalue weighted by Gasteiger charge is -2.23. The molecule has 0 amide bonds. The molecule has 2 heterocycles. The molecule has 0 aromatic carbocycles. The topological polar surface area (TPSA) is 52.1 Å². The normalized spacial score (nSPS) is 24.1. The van der Waals surface area contributed by atoms with Crippen molar-refractivity contribution in [2.45, 2.75) is 31.6 Å². The van der Waals surface area contributed by atoms with E-state index in [0.717, 1.165) is 24.2 Å². The number of rotatable bonds is 4. The van der Waals surface area contributed by atoms with Gasteiger partial charge in [-0.15, -0.1) is 0 Å². The summed E-state index contributed by atoms with van der Waals surface area (Å²) in [5, 5.41) is 0. The van der Waals surface area contributed by atoms with E-state index in [1.165, 1.54) is 0 Å². The van der Waals surface area contributed by atoms with Crippen LogP contribution < -0.4 is 0 Å². The predicted molar refractivity (Wildman–Crippen MR) is 83.3 cm³/mol. The Morgan fingerprint density at radius 3 is 2.36 bits per heavy atom. The van der Waals surface area contributed by atoms with Gasteiger partial charge >= 0.3 is 5.97 Å². The molecule has 2 aromatic rings. The minimum absolute atomic E-state index is 0.0372. The standard InChI is InChI=1S/C18H20N2O2/c1-2-22-18(21)14-10-9-13(15-7-3-5-11-19-15)17(14)16-8-4-6-12-20-16/h3-8,11-14,17H,2,9-10H2,1H3. The Bertz CT molecular complexity index is 615. The number of carbonyl (C=O) groups is 1. The van der Waals surface area contributed by atoms with Crippen LogP contribution >= 0.6 is 0 Å². The van der Waals surface area contributed by atoms with E-state index in [2.05, 4.69) is 9.97 Å². The van der Waals surface area contributed by atoms with Gasteiger partial charge in [-0.1, -0.05) is 12.1 Å². The van der Waals surface area contributed by atoms with Crippen molar-refractivity contribution in [2.24, 2.45) is 5.92 Å². The van der Waals surface area contributed by atoms with E-state index >= 15 is 0 Å². The monoisotopic (exact) mass is 296 g/mol. The number of nitrogens with zero attached hydrogens (tertiary/aromatic N) is 2. The van der Waals surface area contributed by atoms with Crippen molar-refractivity contribution >= 4 is 5.97 Å². The van der Waals surface area contributed by atoms with E-state index in [0.29, 0.717) is 6.61 Å². The number of esters is 1. The van der Waals surface area contributed by atoms with Crippen molar-refractivity contribution in [2.75, 3.05) is 6.61 Å². The zero-order valence-electron chi connectivity index (χ0n) is 12.7. The Hall–Kier alpha value is -2.23. The van der Waals surface area contributed by atoms with Crippen LogP contribution in [0.5, 0.6) is 0 Å². The summed E-state index contributed by atoms with van der Waals surface area (Å²) < 4.78 is 5.27. The second-order valence-electron chi connectivity index (χ2n) is 5.58. The van der Waals surface area contributed by atoms with Crippen molar-refractivity contribution in [3.05, 3.63) is 60.2 Å². The Labute approximate surface area is 130 Å². The lowest BCUT2D eigenvalue weighted by atomic mass is 9.84. The van der Waals surface area contributed by atoms with Gasteiger partial charge in [0.1, 0.15) is 0 Å². The zero-order chi connectivity index (χ0) is 15.4. The largest absolute Gasteiger partial charge is 0.466 e. The number of hydrogen-bond acceptors (Lipinski definition) is 4. The third-order valence-corrected chi connectivity index (χ3v) is 4.34. The summed E-state index contributed by atoms with van der Waals surface area (Å²) in [6, 6.07) is 11.8. The van der Waals surface area contributed by atoms with E-state index in [-0.39, 0.29) is 23.7 Å². The summed E-state index contributed by atoms with van der Waals surface area (Å²) in [4.78, 5) is 21.3. The van der Waals surface area contributed by atoms with Crippen LogP contribution in [0.3, 0.4) is 0 Å². The second kappa shape index (κ2) is 6.69. The molecule has 4 heteroatoms. The third kappa shape index (κ3) is 2.86. The number of pyridine rings is 2. The first-order valence-electron chi connectivity index (χ1n) is 7.79. The molecule has 1 fully saturated rings. The molecular formula is C18H20N2O2. The van der Waals surface area contributed by atoms with E-state index < -0.39 is 0 Å². The van der Waals surface area contributed by atoms with E-state index in [9.17, 15) is 4.79 Å². The number of ether oxygens (including phenoxy) is 1. The maximum absolute atomic E-state index is 12.3. The Morgan fingerprint density at radius 1 is 1.09 bits per heavy atom. The van der Waals surface area contributed by atoms with Gasteiger partial charge < -0.3 is 4.74 Å². The van der Waals surface area contributed by atoms with Crippen molar-refractivity contribution in [1.29, 1.82) is 0 Å². The minimum Gasteiger partial charge on any atom is -0.466 e. The van der Waals surface area contributed by atoms with Crippen molar-refractivity contribution in [3.63, 3.8) is 0 Å². The van der Waals surface area contributed by atoms with Crippen LogP contribution in [-0.2, 0) is 9.53 Å².